The van der Waals surface area contributed by atoms with Gasteiger partial charge in [-0.05, 0) is 53.1 Å². The molecule has 1 aliphatic rings. The van der Waals surface area contributed by atoms with Crippen LogP contribution in [0.1, 0.15) is 34.1 Å². The molecule has 2 rings (SSSR count). The van der Waals surface area contributed by atoms with Gasteiger partial charge in [-0.15, -0.1) is 0 Å². The maximum absolute atomic E-state index is 6.01. The lowest BCUT2D eigenvalue weighted by molar-refractivity contribution is -0.108. The molecule has 0 amide bonds. The fraction of sp³-hybridized carbons (Fsp3) is 0.625. The summed E-state index contributed by atoms with van der Waals surface area (Å²) in [5.74, 6) is 0.593. The number of hydrogen-bond acceptors (Lipinski definition) is 2. The molecule has 0 aromatic heterocycles. The Morgan fingerprint density at radius 3 is 2.70 bits per heavy atom. The molecule has 2 nitrogen and oxygen atoms in total. The maximum atomic E-state index is 6.01. The highest BCUT2D eigenvalue weighted by molar-refractivity contribution is 14.1. The van der Waals surface area contributed by atoms with E-state index < -0.39 is 0 Å². The number of halogens is 2. The van der Waals surface area contributed by atoms with Crippen LogP contribution in [0.4, 0.5) is 5.69 Å². The van der Waals surface area contributed by atoms with Crippen molar-refractivity contribution in [3.63, 3.8) is 0 Å². The van der Waals surface area contributed by atoms with Gasteiger partial charge in [0.1, 0.15) is 0 Å². The van der Waals surface area contributed by atoms with Gasteiger partial charge in [0.25, 0.3) is 0 Å². The molecule has 1 aliphatic carbocycles. The van der Waals surface area contributed by atoms with Crippen LogP contribution >= 0.6 is 34.2 Å². The summed E-state index contributed by atoms with van der Waals surface area (Å²) in [6.45, 7) is 9.79. The fourth-order valence-corrected chi connectivity index (χ4v) is 3.54. The first-order valence-corrected chi connectivity index (χ1v) is 8.59. The van der Waals surface area contributed by atoms with Crippen molar-refractivity contribution in [2.24, 2.45) is 11.3 Å². The Labute approximate surface area is 140 Å². The molecule has 0 bridgehead atoms. The van der Waals surface area contributed by atoms with Gasteiger partial charge in [0.05, 0.1) is 6.10 Å². The van der Waals surface area contributed by atoms with Crippen molar-refractivity contribution >= 4 is 39.9 Å². The third-order valence-corrected chi connectivity index (χ3v) is 5.20. The van der Waals surface area contributed by atoms with Gasteiger partial charge in [0.15, 0.2) is 0 Å². The summed E-state index contributed by atoms with van der Waals surface area (Å²) < 4.78 is 7.17. The van der Waals surface area contributed by atoms with Gasteiger partial charge in [-0.2, -0.15) is 0 Å². The molecule has 1 aromatic carbocycles. The lowest BCUT2D eigenvalue weighted by Crippen LogP contribution is -2.58. The highest BCUT2D eigenvalue weighted by Gasteiger charge is 2.49. The molecule has 1 saturated carbocycles. The van der Waals surface area contributed by atoms with Crippen LogP contribution in [0.25, 0.3) is 0 Å². The fourth-order valence-electron chi connectivity index (χ4n) is 2.52. The van der Waals surface area contributed by atoms with Gasteiger partial charge in [-0.3, -0.25) is 0 Å². The van der Waals surface area contributed by atoms with Crippen LogP contribution in [0.5, 0.6) is 0 Å². The Kier molecular flexibility index (Phi) is 5.24. The Morgan fingerprint density at radius 1 is 1.45 bits per heavy atom. The SMILES string of the molecule is CC(C)COC1CC(Nc2ccc(Cl)cc2I)C1(C)C. The molecule has 1 aromatic rings. The van der Waals surface area contributed by atoms with Crippen molar-refractivity contribution in [2.75, 3.05) is 11.9 Å². The average molecular weight is 408 g/mol. The van der Waals surface area contributed by atoms with Gasteiger partial charge in [-0.1, -0.05) is 39.3 Å². The summed E-state index contributed by atoms with van der Waals surface area (Å²) in [6, 6.07) is 6.44. The second-order valence-electron chi connectivity index (χ2n) is 6.59. The van der Waals surface area contributed by atoms with Crippen molar-refractivity contribution in [2.45, 2.75) is 46.3 Å². The van der Waals surface area contributed by atoms with Crippen molar-refractivity contribution in [1.29, 1.82) is 0 Å². The summed E-state index contributed by atoms with van der Waals surface area (Å²) in [7, 11) is 0. The Balaban J connectivity index is 1.95. The van der Waals surface area contributed by atoms with Crippen LogP contribution < -0.4 is 5.32 Å². The van der Waals surface area contributed by atoms with Crippen molar-refractivity contribution in [1.82, 2.24) is 0 Å². The van der Waals surface area contributed by atoms with Crippen LogP contribution in [0, 0.1) is 14.9 Å². The number of anilines is 1. The zero-order chi connectivity index (χ0) is 14.9. The van der Waals surface area contributed by atoms with Crippen molar-refractivity contribution < 1.29 is 4.74 Å². The van der Waals surface area contributed by atoms with Crippen LogP contribution in [-0.2, 0) is 4.74 Å². The lowest BCUT2D eigenvalue weighted by atomic mass is 9.64. The summed E-state index contributed by atoms with van der Waals surface area (Å²) >= 11 is 8.32. The topological polar surface area (TPSA) is 21.3 Å². The van der Waals surface area contributed by atoms with Crippen molar-refractivity contribution in [3.8, 4) is 0 Å². The maximum Gasteiger partial charge on any atom is 0.0665 e. The van der Waals surface area contributed by atoms with E-state index in [1.807, 2.05) is 12.1 Å². The van der Waals surface area contributed by atoms with Crippen molar-refractivity contribution in [3.05, 3.63) is 26.8 Å². The molecule has 112 valence electrons. The van der Waals surface area contributed by atoms with Gasteiger partial charge in [0, 0.05) is 32.3 Å². The molecule has 1 N–H and O–H groups in total. The monoisotopic (exact) mass is 407 g/mol. The Morgan fingerprint density at radius 2 is 2.15 bits per heavy atom. The zero-order valence-corrected chi connectivity index (χ0v) is 15.5. The predicted octanol–water partition coefficient (Wildman–Crippen LogP) is 5.20. The molecule has 20 heavy (non-hydrogen) atoms. The summed E-state index contributed by atoms with van der Waals surface area (Å²) in [6.07, 6.45) is 1.42. The first-order valence-electron chi connectivity index (χ1n) is 7.14. The largest absolute Gasteiger partial charge is 0.381 e. The second-order valence-corrected chi connectivity index (χ2v) is 8.19. The third-order valence-electron chi connectivity index (χ3n) is 4.07. The number of nitrogens with one attached hydrogen (secondary N) is 1. The quantitative estimate of drug-likeness (QED) is 0.678. The summed E-state index contributed by atoms with van der Waals surface area (Å²) in [5, 5.41) is 4.42. The van der Waals surface area contributed by atoms with E-state index in [9.17, 15) is 0 Å². The Hall–Kier alpha value is -0.000000000000000111. The average Bonchev–Trinajstić information content (AvgIpc) is 2.34. The van der Waals surface area contributed by atoms with E-state index in [0.29, 0.717) is 18.1 Å². The molecule has 0 saturated heterocycles. The highest BCUT2D eigenvalue weighted by atomic mass is 127. The predicted molar refractivity (Wildman–Crippen MR) is 94.6 cm³/mol. The molecule has 0 radical (unpaired) electrons. The van der Waals surface area contributed by atoms with E-state index in [0.717, 1.165) is 27.3 Å². The third kappa shape index (κ3) is 3.60. The standard InChI is InChI=1S/C16H23ClINO/c1-10(2)9-20-15-8-14(16(15,3)4)19-13-6-5-11(17)7-12(13)18/h5-7,10,14-15,19H,8-9H2,1-4H3. The van der Waals surface area contributed by atoms with E-state index >= 15 is 0 Å². The molecule has 0 aliphatic heterocycles. The first kappa shape index (κ1) is 16.4. The first-order chi connectivity index (χ1) is 9.30. The minimum atomic E-state index is 0.164. The van der Waals surface area contributed by atoms with Gasteiger partial charge < -0.3 is 10.1 Å². The van der Waals surface area contributed by atoms with Gasteiger partial charge in [0.2, 0.25) is 0 Å². The van der Waals surface area contributed by atoms with E-state index in [4.69, 9.17) is 16.3 Å². The summed E-state index contributed by atoms with van der Waals surface area (Å²) in [4.78, 5) is 0. The number of hydrogen-bond donors (Lipinski definition) is 1. The minimum absolute atomic E-state index is 0.164. The van der Waals surface area contributed by atoms with Crippen LogP contribution in [0.3, 0.4) is 0 Å². The molecular formula is C16H23ClINO. The zero-order valence-electron chi connectivity index (χ0n) is 12.5. The molecule has 4 heteroatoms. The number of rotatable bonds is 5. The van der Waals surface area contributed by atoms with Gasteiger partial charge in [-0.25, -0.2) is 0 Å². The molecule has 2 atom stereocenters. The normalized spacial score (nSPS) is 24.6. The highest BCUT2D eigenvalue weighted by Crippen LogP contribution is 2.45. The summed E-state index contributed by atoms with van der Waals surface area (Å²) in [5.41, 5.74) is 1.33. The van der Waals surface area contributed by atoms with E-state index in [1.165, 1.54) is 0 Å². The van der Waals surface area contributed by atoms with Crippen LogP contribution in [0.15, 0.2) is 18.2 Å². The van der Waals surface area contributed by atoms with Crippen LogP contribution in [0.2, 0.25) is 5.02 Å². The smallest absolute Gasteiger partial charge is 0.0665 e. The second kappa shape index (κ2) is 6.41. The Bertz CT molecular complexity index is 476. The molecule has 2 unspecified atom stereocenters. The van der Waals surface area contributed by atoms with E-state index in [-0.39, 0.29) is 5.41 Å². The van der Waals surface area contributed by atoms with Crippen LogP contribution in [-0.4, -0.2) is 18.8 Å². The number of benzene rings is 1. The van der Waals surface area contributed by atoms with E-state index in [1.54, 1.807) is 0 Å². The molecular weight excluding hydrogens is 385 g/mol. The lowest BCUT2D eigenvalue weighted by Gasteiger charge is -2.52. The van der Waals surface area contributed by atoms with E-state index in [2.05, 4.69) is 61.7 Å². The molecule has 1 fully saturated rings. The minimum Gasteiger partial charge on any atom is -0.381 e. The molecule has 0 heterocycles. The van der Waals surface area contributed by atoms with Gasteiger partial charge >= 0.3 is 0 Å². The molecule has 0 spiro atoms. The number of ether oxygens (including phenoxy) is 1.